The van der Waals surface area contributed by atoms with Crippen LogP contribution in [0.5, 0.6) is 0 Å². The molecule has 11 aromatic rings. The van der Waals surface area contributed by atoms with Crippen LogP contribution in [-0.4, -0.2) is 4.57 Å². The normalized spacial score (nSPS) is 20.6. The summed E-state index contributed by atoms with van der Waals surface area (Å²) in [5, 5.41) is 5.11. The van der Waals surface area contributed by atoms with Gasteiger partial charge in [0.25, 0.3) is 0 Å². The summed E-state index contributed by atoms with van der Waals surface area (Å²) in [5.74, 6) is 3.04. The van der Waals surface area contributed by atoms with E-state index in [1.54, 1.807) is 11.1 Å². The van der Waals surface area contributed by atoms with Crippen LogP contribution in [0.1, 0.15) is 43.2 Å². The van der Waals surface area contributed by atoms with Gasteiger partial charge in [0.05, 0.1) is 11.0 Å². The molecule has 0 amide bonds. The van der Waals surface area contributed by atoms with Gasteiger partial charge in [0.15, 0.2) is 0 Å². The third-order valence-electron chi connectivity index (χ3n) is 17.4. The first-order valence-corrected chi connectivity index (χ1v) is 25.6. The lowest BCUT2D eigenvalue weighted by molar-refractivity contribution is -0.0399. The maximum Gasteiger partial charge on any atom is 0.0541 e. The maximum atomic E-state index is 2.67. The van der Waals surface area contributed by atoms with E-state index in [1.807, 2.05) is 0 Å². The van der Waals surface area contributed by atoms with Crippen molar-refractivity contribution in [2.24, 2.45) is 23.7 Å². The third kappa shape index (κ3) is 5.92. The molecule has 1 heterocycles. The molecule has 4 fully saturated rings. The molecular formula is C68H52N2. The molecule has 4 saturated carbocycles. The highest BCUT2D eigenvalue weighted by atomic mass is 15.1. The van der Waals surface area contributed by atoms with Crippen molar-refractivity contribution in [3.8, 4) is 50.2 Å². The summed E-state index contributed by atoms with van der Waals surface area (Å²) in [6.45, 7) is 0. The van der Waals surface area contributed by atoms with Crippen LogP contribution in [0.3, 0.4) is 0 Å². The number of para-hydroxylation sites is 2. The lowest BCUT2D eigenvalue weighted by atomic mass is 9.43. The summed E-state index contributed by atoms with van der Waals surface area (Å²) in [4.78, 5) is 2.55. The molecule has 0 saturated heterocycles. The summed E-state index contributed by atoms with van der Waals surface area (Å²) < 4.78 is 2.40. The van der Waals surface area contributed by atoms with Crippen LogP contribution in [0.15, 0.2) is 231 Å². The van der Waals surface area contributed by atoms with Crippen LogP contribution in [-0.2, 0) is 5.41 Å². The molecule has 16 rings (SSSR count). The molecule has 70 heavy (non-hydrogen) atoms. The molecule has 5 aliphatic rings. The molecule has 10 aromatic carbocycles. The highest BCUT2D eigenvalue weighted by molar-refractivity contribution is 6.11. The molecule has 334 valence electrons. The van der Waals surface area contributed by atoms with E-state index in [4.69, 9.17) is 0 Å². The molecule has 2 nitrogen and oxygen atoms in total. The smallest absolute Gasteiger partial charge is 0.0541 e. The fourth-order valence-corrected chi connectivity index (χ4v) is 14.8. The van der Waals surface area contributed by atoms with E-state index in [2.05, 4.69) is 240 Å². The van der Waals surface area contributed by atoms with Gasteiger partial charge in [-0.2, -0.15) is 0 Å². The lowest BCUT2D eigenvalue weighted by Crippen LogP contribution is -2.55. The van der Waals surface area contributed by atoms with Crippen LogP contribution in [0.4, 0.5) is 17.1 Å². The fourth-order valence-electron chi connectivity index (χ4n) is 14.8. The highest BCUT2D eigenvalue weighted by Crippen LogP contribution is 2.70. The first-order chi connectivity index (χ1) is 34.7. The van der Waals surface area contributed by atoms with E-state index in [-0.39, 0.29) is 5.41 Å². The van der Waals surface area contributed by atoms with Gasteiger partial charge in [-0.25, -0.2) is 0 Å². The molecule has 2 heteroatoms. The zero-order chi connectivity index (χ0) is 45.9. The number of hydrogen-bond acceptors (Lipinski definition) is 1. The van der Waals surface area contributed by atoms with Crippen molar-refractivity contribution >= 4 is 49.6 Å². The van der Waals surface area contributed by atoms with E-state index in [1.165, 1.54) is 121 Å². The molecule has 0 radical (unpaired) electrons. The van der Waals surface area contributed by atoms with Gasteiger partial charge in [-0.3, -0.25) is 0 Å². The average Bonchev–Trinajstić information content (AvgIpc) is 3.92. The predicted molar refractivity (Wildman–Crippen MR) is 293 cm³/mol. The van der Waals surface area contributed by atoms with Crippen LogP contribution in [0.25, 0.3) is 82.8 Å². The number of fused-ring (bicyclic) bond motifs is 7. The second kappa shape index (κ2) is 15.5. The van der Waals surface area contributed by atoms with Gasteiger partial charge in [-0.1, -0.05) is 164 Å². The Kier molecular flexibility index (Phi) is 8.88. The monoisotopic (exact) mass is 896 g/mol. The second-order valence-corrected chi connectivity index (χ2v) is 20.9. The number of hydrogen-bond donors (Lipinski definition) is 0. The third-order valence-corrected chi connectivity index (χ3v) is 17.4. The van der Waals surface area contributed by atoms with E-state index < -0.39 is 0 Å². The van der Waals surface area contributed by atoms with Gasteiger partial charge in [0.2, 0.25) is 0 Å². The zero-order valence-corrected chi connectivity index (χ0v) is 39.2. The molecule has 0 atom stereocenters. The molecule has 0 aliphatic heterocycles. The van der Waals surface area contributed by atoms with Gasteiger partial charge in [0.1, 0.15) is 0 Å². The van der Waals surface area contributed by atoms with Crippen LogP contribution < -0.4 is 4.90 Å². The van der Waals surface area contributed by atoms with Crippen molar-refractivity contribution < 1.29 is 0 Å². The number of benzene rings is 10. The molecule has 4 bridgehead atoms. The van der Waals surface area contributed by atoms with Gasteiger partial charge in [0, 0.05) is 38.9 Å². The van der Waals surface area contributed by atoms with Gasteiger partial charge < -0.3 is 9.47 Å². The van der Waals surface area contributed by atoms with Crippen LogP contribution in [0, 0.1) is 23.7 Å². The molecule has 1 aromatic heterocycles. The summed E-state index contributed by atoms with van der Waals surface area (Å²) in [6.07, 6.45) is 6.82. The molecule has 0 unspecified atom stereocenters. The molecule has 5 aliphatic carbocycles. The molecular weight excluding hydrogens is 845 g/mol. The van der Waals surface area contributed by atoms with Gasteiger partial charge in [-0.15, -0.1) is 0 Å². The first kappa shape index (κ1) is 40.0. The summed E-state index contributed by atoms with van der Waals surface area (Å²) in [5.41, 5.74) is 20.7. The van der Waals surface area contributed by atoms with Crippen molar-refractivity contribution in [1.82, 2.24) is 4.57 Å². The standard InChI is InChI=1S/C68H52N2/c1-3-14-46(15-4-1)47-26-31-54(32-27-47)69(55-33-28-48(29-34-55)50-30-35-66-61(41-50)59-21-10-12-25-65(59)70(66)53-18-5-2-6-19-53)56-42-62(58-23-13-17-49-16-7-8-20-57(49)58)67-60-22-9-11-24-63(60)68(64(67)43-56)51-37-44-36-45(39-51)40-52(68)38-44/h1-35,41-45,51-52H,36-40H2. The Bertz CT molecular complexity index is 3790. The number of aromatic nitrogens is 1. The SMILES string of the molecule is c1ccc(-c2ccc(N(c3ccc(-c4ccc5c(c4)c4ccccc4n5-c4ccccc4)cc3)c3cc(-c4cccc5ccccc45)c4c(c3)C3(c5ccccc5-4)C4CC5CC(C4)CC3C5)cc2)cc1. The highest BCUT2D eigenvalue weighted by Gasteiger charge is 2.62. The minimum absolute atomic E-state index is 0.00363. The minimum atomic E-state index is 0.00363. The Morgan fingerprint density at radius 3 is 1.66 bits per heavy atom. The van der Waals surface area contributed by atoms with Crippen molar-refractivity contribution in [1.29, 1.82) is 0 Å². The quantitative estimate of drug-likeness (QED) is 0.155. The molecule has 0 N–H and O–H groups in total. The predicted octanol–water partition coefficient (Wildman–Crippen LogP) is 18.1. The van der Waals surface area contributed by atoms with E-state index in [0.29, 0.717) is 11.8 Å². The Morgan fingerprint density at radius 2 is 0.914 bits per heavy atom. The number of anilines is 3. The first-order valence-electron chi connectivity index (χ1n) is 25.6. The van der Waals surface area contributed by atoms with Crippen molar-refractivity contribution in [3.05, 3.63) is 242 Å². The summed E-state index contributed by atoms with van der Waals surface area (Å²) in [6, 6.07) is 86.8. The second-order valence-electron chi connectivity index (χ2n) is 20.9. The number of rotatable bonds is 7. The number of nitrogens with zero attached hydrogens (tertiary/aromatic N) is 2. The van der Waals surface area contributed by atoms with Crippen molar-refractivity contribution in [2.45, 2.75) is 37.5 Å². The Hall–Kier alpha value is -7.94. The maximum absolute atomic E-state index is 2.67. The topological polar surface area (TPSA) is 8.17 Å². The van der Waals surface area contributed by atoms with Gasteiger partial charge >= 0.3 is 0 Å². The van der Waals surface area contributed by atoms with Crippen molar-refractivity contribution in [3.63, 3.8) is 0 Å². The Balaban J connectivity index is 0.937. The Labute approximate surface area is 410 Å². The van der Waals surface area contributed by atoms with E-state index in [9.17, 15) is 0 Å². The average molecular weight is 897 g/mol. The fraction of sp³-hybridized carbons (Fsp3) is 0.147. The van der Waals surface area contributed by atoms with Crippen molar-refractivity contribution in [2.75, 3.05) is 4.90 Å². The zero-order valence-electron chi connectivity index (χ0n) is 39.2. The largest absolute Gasteiger partial charge is 0.310 e. The van der Waals surface area contributed by atoms with Crippen LogP contribution >= 0.6 is 0 Å². The lowest BCUT2D eigenvalue weighted by Gasteiger charge is -2.61. The van der Waals surface area contributed by atoms with E-state index in [0.717, 1.165) is 23.2 Å². The van der Waals surface area contributed by atoms with E-state index >= 15 is 0 Å². The van der Waals surface area contributed by atoms with Gasteiger partial charge in [-0.05, 0) is 189 Å². The summed E-state index contributed by atoms with van der Waals surface area (Å²) >= 11 is 0. The van der Waals surface area contributed by atoms with Crippen LogP contribution in [0.2, 0.25) is 0 Å². The Morgan fingerprint density at radius 1 is 0.357 bits per heavy atom. The minimum Gasteiger partial charge on any atom is -0.310 e. The molecule has 1 spiro atoms. The summed E-state index contributed by atoms with van der Waals surface area (Å²) in [7, 11) is 0.